The minimum absolute atomic E-state index is 0.120. The number of benzene rings is 2. The number of ether oxygens (including phenoxy) is 2. The molecular weight excluding hydrogens is 469 g/mol. The standard InChI is InChI=1S/C30H34FN3O3/c1-19-13-14-34-25(15-19)32-26(27(34)33-30(5,6)18-29(2,3)4)20-11-12-23(24(17-20)36-7)37-28(35)21-9-8-10-22(31)16-21/h8-17,33H,18H2,1-7H3. The monoisotopic (exact) mass is 503 g/mol. The summed E-state index contributed by atoms with van der Waals surface area (Å²) in [5, 5.41) is 3.73. The van der Waals surface area contributed by atoms with Crippen LogP contribution in [0.25, 0.3) is 16.9 Å². The molecule has 37 heavy (non-hydrogen) atoms. The van der Waals surface area contributed by atoms with Crippen molar-refractivity contribution in [1.29, 1.82) is 0 Å². The van der Waals surface area contributed by atoms with Crippen LogP contribution in [0.3, 0.4) is 0 Å². The number of halogens is 1. The first-order valence-corrected chi connectivity index (χ1v) is 12.3. The third kappa shape index (κ3) is 6.10. The first-order valence-electron chi connectivity index (χ1n) is 12.3. The van der Waals surface area contributed by atoms with Gasteiger partial charge < -0.3 is 14.8 Å². The number of nitrogens with zero attached hydrogens (tertiary/aromatic N) is 2. The normalized spacial score (nSPS) is 12.0. The maximum absolute atomic E-state index is 13.6. The van der Waals surface area contributed by atoms with Crippen LogP contribution in [-0.2, 0) is 0 Å². The second-order valence-corrected chi connectivity index (χ2v) is 11.3. The molecule has 194 valence electrons. The van der Waals surface area contributed by atoms with Gasteiger partial charge in [0.15, 0.2) is 11.5 Å². The molecule has 0 saturated heterocycles. The number of hydrogen-bond acceptors (Lipinski definition) is 5. The Hall–Kier alpha value is -3.87. The molecule has 0 aliphatic rings. The number of carbonyl (C=O) groups excluding carboxylic acids is 1. The first-order chi connectivity index (χ1) is 17.3. The predicted octanol–water partition coefficient (Wildman–Crippen LogP) is 7.30. The van der Waals surface area contributed by atoms with E-state index in [0.717, 1.165) is 40.8 Å². The quantitative estimate of drug-likeness (QED) is 0.212. The summed E-state index contributed by atoms with van der Waals surface area (Å²) in [6.45, 7) is 13.1. The average Bonchev–Trinajstić information content (AvgIpc) is 3.14. The van der Waals surface area contributed by atoms with Crippen LogP contribution in [0.1, 0.15) is 57.0 Å². The fourth-order valence-corrected chi connectivity index (χ4v) is 4.83. The largest absolute Gasteiger partial charge is 0.493 e. The molecule has 0 spiro atoms. The fraction of sp³-hybridized carbons (Fsp3) is 0.333. The molecule has 6 nitrogen and oxygen atoms in total. The van der Waals surface area contributed by atoms with Crippen molar-refractivity contribution in [3.05, 3.63) is 77.7 Å². The van der Waals surface area contributed by atoms with Crippen molar-refractivity contribution >= 4 is 17.4 Å². The molecule has 0 aliphatic heterocycles. The first kappa shape index (κ1) is 26.2. The van der Waals surface area contributed by atoms with E-state index >= 15 is 0 Å². The molecule has 0 saturated carbocycles. The van der Waals surface area contributed by atoms with Gasteiger partial charge in [0.25, 0.3) is 0 Å². The lowest BCUT2D eigenvalue weighted by molar-refractivity contribution is 0.0729. The van der Waals surface area contributed by atoms with E-state index in [2.05, 4.69) is 50.4 Å². The lowest BCUT2D eigenvalue weighted by atomic mass is 9.82. The number of rotatable bonds is 7. The van der Waals surface area contributed by atoms with Gasteiger partial charge in [-0.25, -0.2) is 14.2 Å². The molecule has 4 rings (SSSR count). The summed E-state index contributed by atoms with van der Waals surface area (Å²) in [5.41, 5.74) is 3.54. The van der Waals surface area contributed by atoms with E-state index in [-0.39, 0.29) is 22.3 Å². The van der Waals surface area contributed by atoms with Gasteiger partial charge in [0.05, 0.1) is 12.7 Å². The van der Waals surface area contributed by atoms with E-state index < -0.39 is 11.8 Å². The number of aromatic nitrogens is 2. The minimum atomic E-state index is -0.667. The Balaban J connectivity index is 1.74. The Morgan fingerprint density at radius 2 is 1.78 bits per heavy atom. The second kappa shape index (κ2) is 9.88. The number of nitrogens with one attached hydrogen (secondary N) is 1. The highest BCUT2D eigenvalue weighted by molar-refractivity contribution is 5.91. The number of carbonyl (C=O) groups is 1. The molecule has 2 heterocycles. The third-order valence-corrected chi connectivity index (χ3v) is 5.91. The number of fused-ring (bicyclic) bond motifs is 1. The zero-order valence-corrected chi connectivity index (χ0v) is 22.5. The van der Waals surface area contributed by atoms with Crippen molar-refractivity contribution in [2.24, 2.45) is 5.41 Å². The average molecular weight is 504 g/mol. The predicted molar refractivity (Wildman–Crippen MR) is 145 cm³/mol. The van der Waals surface area contributed by atoms with Crippen molar-refractivity contribution in [2.75, 3.05) is 12.4 Å². The Kier molecular flexibility index (Phi) is 7.00. The van der Waals surface area contributed by atoms with E-state index in [9.17, 15) is 9.18 Å². The van der Waals surface area contributed by atoms with Crippen molar-refractivity contribution < 1.29 is 18.7 Å². The summed E-state index contributed by atoms with van der Waals surface area (Å²) in [4.78, 5) is 17.5. The van der Waals surface area contributed by atoms with Gasteiger partial charge in [0.1, 0.15) is 23.0 Å². The summed E-state index contributed by atoms with van der Waals surface area (Å²) in [5.74, 6) is 0.308. The molecule has 0 fully saturated rings. The molecular formula is C30H34FN3O3. The van der Waals surface area contributed by atoms with Crippen molar-refractivity contribution in [1.82, 2.24) is 9.38 Å². The topological polar surface area (TPSA) is 64.9 Å². The molecule has 2 aromatic carbocycles. The van der Waals surface area contributed by atoms with E-state index in [1.165, 1.54) is 25.3 Å². The van der Waals surface area contributed by atoms with Crippen molar-refractivity contribution in [3.8, 4) is 22.8 Å². The van der Waals surface area contributed by atoms with Crippen LogP contribution in [0, 0.1) is 18.2 Å². The van der Waals surface area contributed by atoms with Crippen LogP contribution in [0.4, 0.5) is 10.2 Å². The number of methoxy groups -OCH3 is 1. The number of imidazole rings is 1. The summed E-state index contributed by atoms with van der Waals surface area (Å²) in [6.07, 6.45) is 2.96. The zero-order chi connectivity index (χ0) is 27.0. The summed E-state index contributed by atoms with van der Waals surface area (Å²) in [6, 6.07) is 14.8. The highest BCUT2D eigenvalue weighted by Crippen LogP contribution is 2.38. The Bertz CT molecular complexity index is 1450. The second-order valence-electron chi connectivity index (χ2n) is 11.3. The van der Waals surface area contributed by atoms with E-state index in [1.54, 1.807) is 12.1 Å². The van der Waals surface area contributed by atoms with Gasteiger partial charge in [-0.1, -0.05) is 26.8 Å². The van der Waals surface area contributed by atoms with Crippen LogP contribution >= 0.6 is 0 Å². The van der Waals surface area contributed by atoms with Gasteiger partial charge in [-0.05, 0) is 86.7 Å². The smallest absolute Gasteiger partial charge is 0.343 e. The van der Waals surface area contributed by atoms with Gasteiger partial charge in [-0.2, -0.15) is 0 Å². The van der Waals surface area contributed by atoms with E-state index in [4.69, 9.17) is 14.5 Å². The Morgan fingerprint density at radius 3 is 2.46 bits per heavy atom. The third-order valence-electron chi connectivity index (χ3n) is 5.91. The molecule has 1 N–H and O–H groups in total. The number of aryl methyl sites for hydroxylation is 1. The molecule has 0 radical (unpaired) electrons. The maximum atomic E-state index is 13.6. The maximum Gasteiger partial charge on any atom is 0.343 e. The summed E-state index contributed by atoms with van der Waals surface area (Å²) >= 11 is 0. The SMILES string of the molecule is COc1cc(-c2nc3cc(C)ccn3c2NC(C)(C)CC(C)(C)C)ccc1OC(=O)c1cccc(F)c1. The highest BCUT2D eigenvalue weighted by Gasteiger charge is 2.28. The molecule has 2 aromatic heterocycles. The van der Waals surface area contributed by atoms with Gasteiger partial charge in [-0.3, -0.25) is 4.40 Å². The number of hydrogen-bond donors (Lipinski definition) is 1. The van der Waals surface area contributed by atoms with Crippen molar-refractivity contribution in [2.45, 2.75) is 53.5 Å². The Morgan fingerprint density at radius 1 is 1.03 bits per heavy atom. The van der Waals surface area contributed by atoms with Gasteiger partial charge in [-0.15, -0.1) is 0 Å². The van der Waals surface area contributed by atoms with Crippen LogP contribution in [0.15, 0.2) is 60.8 Å². The summed E-state index contributed by atoms with van der Waals surface area (Å²) < 4.78 is 26.7. The van der Waals surface area contributed by atoms with Gasteiger partial charge in [0, 0.05) is 17.3 Å². The number of pyridine rings is 1. The van der Waals surface area contributed by atoms with Crippen LogP contribution in [-0.4, -0.2) is 28.0 Å². The highest BCUT2D eigenvalue weighted by atomic mass is 19.1. The lowest BCUT2D eigenvalue weighted by Crippen LogP contribution is -2.36. The molecule has 7 heteroatoms. The van der Waals surface area contributed by atoms with Gasteiger partial charge >= 0.3 is 5.97 Å². The molecule has 0 atom stereocenters. The van der Waals surface area contributed by atoms with E-state index in [1.807, 2.05) is 25.3 Å². The zero-order valence-electron chi connectivity index (χ0n) is 22.5. The molecule has 0 amide bonds. The molecule has 0 unspecified atom stereocenters. The van der Waals surface area contributed by atoms with Crippen LogP contribution in [0.5, 0.6) is 11.5 Å². The number of esters is 1. The van der Waals surface area contributed by atoms with Crippen molar-refractivity contribution in [3.63, 3.8) is 0 Å². The van der Waals surface area contributed by atoms with Gasteiger partial charge in [0.2, 0.25) is 0 Å². The van der Waals surface area contributed by atoms with Crippen LogP contribution in [0.2, 0.25) is 0 Å². The lowest BCUT2D eigenvalue weighted by Gasteiger charge is -2.34. The Labute approximate surface area is 217 Å². The molecule has 0 aliphatic carbocycles. The molecule has 0 bridgehead atoms. The minimum Gasteiger partial charge on any atom is -0.493 e. The van der Waals surface area contributed by atoms with Crippen LogP contribution < -0.4 is 14.8 Å². The summed E-state index contributed by atoms with van der Waals surface area (Å²) in [7, 11) is 1.51. The fourth-order valence-electron chi connectivity index (χ4n) is 4.83. The molecule has 4 aromatic rings. The van der Waals surface area contributed by atoms with E-state index in [0.29, 0.717) is 5.75 Å². The number of anilines is 1.